The van der Waals surface area contributed by atoms with Crippen molar-refractivity contribution in [3.63, 3.8) is 0 Å². The molecule has 3 nitrogen and oxygen atoms in total. The van der Waals surface area contributed by atoms with Crippen molar-refractivity contribution in [1.29, 1.82) is 0 Å². The molecule has 0 radical (unpaired) electrons. The number of hydrogen-bond acceptors (Lipinski definition) is 2. The van der Waals surface area contributed by atoms with Gasteiger partial charge < -0.3 is 10.6 Å². The van der Waals surface area contributed by atoms with Gasteiger partial charge in [-0.1, -0.05) is 18.2 Å². The predicted octanol–water partition coefficient (Wildman–Crippen LogP) is 3.11. The molecule has 1 amide bonds. The van der Waals surface area contributed by atoms with Crippen LogP contribution in [0.15, 0.2) is 42.5 Å². The highest BCUT2D eigenvalue weighted by molar-refractivity contribution is 5.97. The van der Waals surface area contributed by atoms with Crippen molar-refractivity contribution >= 4 is 11.6 Å². The summed E-state index contributed by atoms with van der Waals surface area (Å²) in [5.41, 5.74) is 3.57. The van der Waals surface area contributed by atoms with E-state index in [0.29, 0.717) is 12.1 Å². The van der Waals surface area contributed by atoms with Crippen LogP contribution in [0.5, 0.6) is 0 Å². The summed E-state index contributed by atoms with van der Waals surface area (Å²) in [5.74, 6) is -0.400. The number of rotatable bonds is 3. The molecule has 3 rings (SSSR count). The number of anilines is 1. The zero-order chi connectivity index (χ0) is 14.7. The third kappa shape index (κ3) is 3.05. The summed E-state index contributed by atoms with van der Waals surface area (Å²) in [6, 6.07) is 12.0. The molecule has 2 N–H and O–H groups in total. The lowest BCUT2D eigenvalue weighted by Gasteiger charge is -2.20. The van der Waals surface area contributed by atoms with Gasteiger partial charge in [0.25, 0.3) is 5.91 Å². The van der Waals surface area contributed by atoms with Gasteiger partial charge in [-0.2, -0.15) is 0 Å². The summed E-state index contributed by atoms with van der Waals surface area (Å²) < 4.78 is 13.1. The normalized spacial score (nSPS) is 13.2. The Labute approximate surface area is 123 Å². The monoisotopic (exact) mass is 284 g/mol. The van der Waals surface area contributed by atoms with E-state index in [1.165, 1.54) is 12.1 Å². The largest absolute Gasteiger partial charge is 0.385 e. The number of amides is 1. The smallest absolute Gasteiger partial charge is 0.251 e. The van der Waals surface area contributed by atoms with E-state index in [-0.39, 0.29) is 11.7 Å². The zero-order valence-corrected chi connectivity index (χ0v) is 11.7. The van der Waals surface area contributed by atoms with Crippen LogP contribution >= 0.6 is 0 Å². The SMILES string of the molecule is O=C(NCc1cccc(F)c1)c1cccc2c1CCCN2. The molecule has 0 spiro atoms. The summed E-state index contributed by atoms with van der Waals surface area (Å²) in [5, 5.41) is 6.17. The highest BCUT2D eigenvalue weighted by Crippen LogP contribution is 2.25. The van der Waals surface area contributed by atoms with Crippen molar-refractivity contribution in [2.24, 2.45) is 0 Å². The van der Waals surface area contributed by atoms with E-state index < -0.39 is 0 Å². The van der Waals surface area contributed by atoms with Gasteiger partial charge in [-0.05, 0) is 48.2 Å². The molecule has 0 saturated carbocycles. The lowest BCUT2D eigenvalue weighted by atomic mass is 9.97. The first-order valence-corrected chi connectivity index (χ1v) is 7.12. The molecule has 0 bridgehead atoms. The van der Waals surface area contributed by atoms with E-state index in [2.05, 4.69) is 10.6 Å². The minimum absolute atomic E-state index is 0.111. The minimum Gasteiger partial charge on any atom is -0.385 e. The molecule has 2 aromatic rings. The topological polar surface area (TPSA) is 41.1 Å². The molecule has 4 heteroatoms. The summed E-state index contributed by atoms with van der Waals surface area (Å²) in [7, 11) is 0. The number of halogens is 1. The second-order valence-corrected chi connectivity index (χ2v) is 5.17. The number of hydrogen-bond donors (Lipinski definition) is 2. The van der Waals surface area contributed by atoms with Gasteiger partial charge >= 0.3 is 0 Å². The maximum absolute atomic E-state index is 13.1. The zero-order valence-electron chi connectivity index (χ0n) is 11.7. The average Bonchev–Trinajstić information content (AvgIpc) is 2.52. The predicted molar refractivity (Wildman–Crippen MR) is 80.8 cm³/mol. The third-order valence-corrected chi connectivity index (χ3v) is 3.68. The number of carbonyl (C=O) groups excluding carboxylic acids is 1. The first-order valence-electron chi connectivity index (χ1n) is 7.12. The van der Waals surface area contributed by atoms with Crippen molar-refractivity contribution in [2.75, 3.05) is 11.9 Å². The molecule has 0 atom stereocenters. The molecule has 108 valence electrons. The standard InChI is InChI=1S/C17H17FN2O/c18-13-5-1-4-12(10-13)11-20-17(21)15-6-2-8-16-14(15)7-3-9-19-16/h1-2,4-6,8,10,19H,3,7,9,11H2,(H,20,21). The van der Waals surface area contributed by atoms with Crippen molar-refractivity contribution in [1.82, 2.24) is 5.32 Å². The first-order chi connectivity index (χ1) is 10.2. The molecule has 1 heterocycles. The van der Waals surface area contributed by atoms with Gasteiger partial charge in [0.1, 0.15) is 5.82 Å². The summed E-state index contributed by atoms with van der Waals surface area (Å²) in [6.07, 6.45) is 1.94. The number of nitrogens with one attached hydrogen (secondary N) is 2. The van der Waals surface area contributed by atoms with Crippen LogP contribution in [0.4, 0.5) is 10.1 Å². The lowest BCUT2D eigenvalue weighted by molar-refractivity contribution is 0.0950. The Morgan fingerprint density at radius 1 is 1.24 bits per heavy atom. The molecule has 0 unspecified atom stereocenters. The molecule has 0 aromatic heterocycles. The molecule has 21 heavy (non-hydrogen) atoms. The van der Waals surface area contributed by atoms with Crippen molar-refractivity contribution in [3.8, 4) is 0 Å². The van der Waals surface area contributed by atoms with Gasteiger partial charge in [0.2, 0.25) is 0 Å². The Bertz CT molecular complexity index is 670. The van der Waals surface area contributed by atoms with Gasteiger partial charge in [0, 0.05) is 24.3 Å². The van der Waals surface area contributed by atoms with E-state index in [0.717, 1.165) is 36.2 Å². The molecular weight excluding hydrogens is 267 g/mol. The van der Waals surface area contributed by atoms with Gasteiger partial charge in [0.15, 0.2) is 0 Å². The van der Waals surface area contributed by atoms with Crippen LogP contribution in [0.2, 0.25) is 0 Å². The Morgan fingerprint density at radius 2 is 2.10 bits per heavy atom. The minimum atomic E-state index is -0.289. The van der Waals surface area contributed by atoms with Gasteiger partial charge in [-0.15, -0.1) is 0 Å². The summed E-state index contributed by atoms with van der Waals surface area (Å²) in [4.78, 5) is 12.3. The van der Waals surface area contributed by atoms with E-state index in [1.54, 1.807) is 12.1 Å². The van der Waals surface area contributed by atoms with Crippen LogP contribution in [0.25, 0.3) is 0 Å². The van der Waals surface area contributed by atoms with E-state index in [1.807, 2.05) is 18.2 Å². The van der Waals surface area contributed by atoms with Gasteiger partial charge in [-0.3, -0.25) is 4.79 Å². The molecule has 2 aromatic carbocycles. The molecule has 1 aliphatic heterocycles. The van der Waals surface area contributed by atoms with Crippen molar-refractivity contribution < 1.29 is 9.18 Å². The Morgan fingerprint density at radius 3 is 2.95 bits per heavy atom. The van der Waals surface area contributed by atoms with Crippen molar-refractivity contribution in [3.05, 3.63) is 65.0 Å². The number of benzene rings is 2. The molecule has 0 aliphatic carbocycles. The fourth-order valence-electron chi connectivity index (χ4n) is 2.65. The third-order valence-electron chi connectivity index (χ3n) is 3.68. The molecule has 0 fully saturated rings. The lowest BCUT2D eigenvalue weighted by Crippen LogP contribution is -2.25. The second-order valence-electron chi connectivity index (χ2n) is 5.17. The fourth-order valence-corrected chi connectivity index (χ4v) is 2.65. The van der Waals surface area contributed by atoms with Gasteiger partial charge in [0.05, 0.1) is 0 Å². The van der Waals surface area contributed by atoms with Crippen LogP contribution in [-0.4, -0.2) is 12.5 Å². The number of carbonyl (C=O) groups is 1. The van der Waals surface area contributed by atoms with E-state index >= 15 is 0 Å². The average molecular weight is 284 g/mol. The molecule has 1 aliphatic rings. The van der Waals surface area contributed by atoms with Crippen LogP contribution in [0, 0.1) is 5.82 Å². The first kappa shape index (κ1) is 13.6. The Kier molecular flexibility index (Phi) is 3.86. The maximum atomic E-state index is 13.1. The quantitative estimate of drug-likeness (QED) is 0.909. The van der Waals surface area contributed by atoms with Crippen LogP contribution in [0.1, 0.15) is 27.9 Å². The van der Waals surface area contributed by atoms with Gasteiger partial charge in [-0.25, -0.2) is 4.39 Å². The van der Waals surface area contributed by atoms with Crippen LogP contribution < -0.4 is 10.6 Å². The fraction of sp³-hybridized carbons (Fsp3) is 0.235. The highest BCUT2D eigenvalue weighted by atomic mass is 19.1. The van der Waals surface area contributed by atoms with Crippen LogP contribution in [-0.2, 0) is 13.0 Å². The molecule has 0 saturated heterocycles. The van der Waals surface area contributed by atoms with Crippen LogP contribution in [0.3, 0.4) is 0 Å². The molecular formula is C17H17FN2O. The highest BCUT2D eigenvalue weighted by Gasteiger charge is 2.16. The Balaban J connectivity index is 1.74. The Hall–Kier alpha value is -2.36. The summed E-state index contributed by atoms with van der Waals surface area (Å²) >= 11 is 0. The summed E-state index contributed by atoms with van der Waals surface area (Å²) in [6.45, 7) is 1.27. The van der Waals surface area contributed by atoms with E-state index in [4.69, 9.17) is 0 Å². The maximum Gasteiger partial charge on any atom is 0.251 e. The second kappa shape index (κ2) is 5.95. The number of fused-ring (bicyclic) bond motifs is 1. The van der Waals surface area contributed by atoms with E-state index in [9.17, 15) is 9.18 Å². The van der Waals surface area contributed by atoms with Crippen molar-refractivity contribution in [2.45, 2.75) is 19.4 Å².